The summed E-state index contributed by atoms with van der Waals surface area (Å²) in [4.78, 5) is 28.7. The fourth-order valence-electron chi connectivity index (χ4n) is 4.43. The van der Waals surface area contributed by atoms with Crippen LogP contribution in [0.1, 0.15) is 35.5 Å². The summed E-state index contributed by atoms with van der Waals surface area (Å²) in [6.45, 7) is 2.53. The van der Waals surface area contributed by atoms with Gasteiger partial charge in [0.1, 0.15) is 17.1 Å². The average molecular weight is 562 g/mol. The number of aliphatic hydroxyl groups excluding tert-OH is 1. The second kappa shape index (κ2) is 10.1. The van der Waals surface area contributed by atoms with Gasteiger partial charge in [0.25, 0.3) is 5.91 Å². The molecule has 4 aromatic rings. The number of anilines is 1. The molecule has 37 heavy (non-hydrogen) atoms. The first-order valence-electron chi connectivity index (χ1n) is 11.8. The zero-order valence-electron chi connectivity index (χ0n) is 20.2. The Morgan fingerprint density at radius 2 is 1.84 bits per heavy atom. The number of nitrogens with zero attached hydrogens (tertiary/aromatic N) is 1. The zero-order valence-corrected chi connectivity index (χ0v) is 21.8. The van der Waals surface area contributed by atoms with Crippen molar-refractivity contribution in [1.29, 1.82) is 0 Å². The number of ketones is 1. The summed E-state index contributed by atoms with van der Waals surface area (Å²) in [5.74, 6) is -0.734. The fourth-order valence-corrected chi connectivity index (χ4v) is 4.81. The molecule has 7 nitrogen and oxygen atoms in total. The van der Waals surface area contributed by atoms with Gasteiger partial charge in [-0.25, -0.2) is 0 Å². The third-order valence-corrected chi connectivity index (χ3v) is 6.63. The number of hydrogen-bond donors (Lipinski definition) is 1. The number of Topliss-reactive ketones (excluding diaryl/α,β-unsaturated/α-hetero) is 1. The molecule has 1 aliphatic heterocycles. The van der Waals surface area contributed by atoms with Gasteiger partial charge in [0, 0.05) is 21.6 Å². The molecular formula is C29H24BrNO6. The van der Waals surface area contributed by atoms with Crippen LogP contribution in [-0.4, -0.2) is 30.5 Å². The van der Waals surface area contributed by atoms with Crippen molar-refractivity contribution in [2.45, 2.75) is 19.4 Å². The lowest BCUT2D eigenvalue weighted by Crippen LogP contribution is -2.31. The molecule has 0 aliphatic carbocycles. The molecular weight excluding hydrogens is 538 g/mol. The smallest absolute Gasteiger partial charge is 0.294 e. The lowest BCUT2D eigenvalue weighted by molar-refractivity contribution is -0.117. The quantitative estimate of drug-likeness (QED) is 0.238. The molecule has 0 saturated heterocycles. The number of methoxy groups -OCH3 is 1. The Kier molecular flexibility index (Phi) is 6.76. The monoisotopic (exact) mass is 561 g/mol. The summed E-state index contributed by atoms with van der Waals surface area (Å²) >= 11 is 3.42. The van der Waals surface area contributed by atoms with Gasteiger partial charge in [-0.2, -0.15) is 0 Å². The van der Waals surface area contributed by atoms with Crippen molar-refractivity contribution in [3.05, 3.63) is 99.9 Å². The molecule has 1 aliphatic rings. The molecule has 0 saturated carbocycles. The minimum absolute atomic E-state index is 0.0262. The number of aliphatic hydroxyl groups is 1. The van der Waals surface area contributed by atoms with Crippen LogP contribution in [0.4, 0.5) is 5.69 Å². The van der Waals surface area contributed by atoms with E-state index >= 15 is 0 Å². The van der Waals surface area contributed by atoms with Gasteiger partial charge < -0.3 is 19.0 Å². The van der Waals surface area contributed by atoms with E-state index < -0.39 is 23.5 Å². The van der Waals surface area contributed by atoms with Gasteiger partial charge in [0.15, 0.2) is 11.5 Å². The number of hydrogen-bond acceptors (Lipinski definition) is 6. The molecule has 8 heteroatoms. The summed E-state index contributed by atoms with van der Waals surface area (Å²) in [7, 11) is 1.53. The van der Waals surface area contributed by atoms with Gasteiger partial charge in [-0.15, -0.1) is 0 Å². The van der Waals surface area contributed by atoms with Gasteiger partial charge >= 0.3 is 0 Å². The minimum atomic E-state index is -0.919. The van der Waals surface area contributed by atoms with Crippen LogP contribution in [0.25, 0.3) is 11.0 Å². The maximum atomic E-state index is 13.8. The molecule has 3 aromatic carbocycles. The second-order valence-electron chi connectivity index (χ2n) is 8.58. The van der Waals surface area contributed by atoms with E-state index in [2.05, 4.69) is 15.9 Å². The van der Waals surface area contributed by atoms with Crippen LogP contribution >= 0.6 is 15.9 Å². The summed E-state index contributed by atoms with van der Waals surface area (Å²) in [5.41, 5.74) is 1.53. The van der Waals surface area contributed by atoms with Gasteiger partial charge in [0.05, 0.1) is 25.3 Å². The third kappa shape index (κ3) is 4.60. The van der Waals surface area contributed by atoms with Crippen molar-refractivity contribution in [1.82, 2.24) is 0 Å². The van der Waals surface area contributed by atoms with Gasteiger partial charge in [0.2, 0.25) is 5.78 Å². The van der Waals surface area contributed by atoms with Crippen LogP contribution in [0.5, 0.6) is 11.5 Å². The number of rotatable bonds is 8. The SMILES string of the molecule is CCCOc1cccc(C2C(C(=O)c3cc4cc(Br)ccc4o3)=C(O)C(=O)N2c2cccc(OC)c2)c1. The lowest BCUT2D eigenvalue weighted by atomic mass is 9.94. The highest BCUT2D eigenvalue weighted by molar-refractivity contribution is 9.10. The van der Waals surface area contributed by atoms with E-state index in [4.69, 9.17) is 13.9 Å². The van der Waals surface area contributed by atoms with E-state index in [1.807, 2.05) is 25.1 Å². The van der Waals surface area contributed by atoms with E-state index in [0.717, 1.165) is 16.3 Å². The predicted octanol–water partition coefficient (Wildman–Crippen LogP) is 6.78. The molecule has 0 bridgehead atoms. The predicted molar refractivity (Wildman–Crippen MR) is 143 cm³/mol. The maximum Gasteiger partial charge on any atom is 0.294 e. The molecule has 0 fully saturated rings. The van der Waals surface area contributed by atoms with Crippen LogP contribution in [0.2, 0.25) is 0 Å². The molecule has 0 spiro atoms. The molecule has 2 heterocycles. The van der Waals surface area contributed by atoms with Crippen molar-refractivity contribution in [2.24, 2.45) is 0 Å². The van der Waals surface area contributed by atoms with Crippen molar-refractivity contribution in [3.8, 4) is 11.5 Å². The van der Waals surface area contributed by atoms with Crippen molar-refractivity contribution in [3.63, 3.8) is 0 Å². The number of furan rings is 1. The van der Waals surface area contributed by atoms with E-state index in [1.54, 1.807) is 54.6 Å². The highest BCUT2D eigenvalue weighted by Crippen LogP contribution is 2.43. The first-order valence-corrected chi connectivity index (χ1v) is 12.6. The standard InChI is InChI=1S/C29H24BrNO6/c1-3-12-36-22-9-4-6-17(14-22)26-25(27(32)24-15-18-13-19(30)10-11-23(18)37-24)28(33)29(34)31(26)20-7-5-8-21(16-20)35-2/h4-11,13-16,26,33H,3,12H2,1-2H3. The molecule has 1 N–H and O–H groups in total. The van der Waals surface area contributed by atoms with Gasteiger partial charge in [-0.05, 0) is 60.5 Å². The fraction of sp³-hybridized carbons (Fsp3) is 0.172. The molecule has 1 amide bonds. The Balaban J connectivity index is 1.64. The number of carbonyl (C=O) groups excluding carboxylic acids is 2. The normalized spacial score (nSPS) is 15.5. The molecule has 5 rings (SSSR count). The largest absolute Gasteiger partial charge is 0.503 e. The molecule has 1 atom stereocenters. The number of ether oxygens (including phenoxy) is 2. The van der Waals surface area contributed by atoms with Crippen LogP contribution in [-0.2, 0) is 4.79 Å². The summed E-state index contributed by atoms with van der Waals surface area (Å²) in [5, 5.41) is 11.8. The average Bonchev–Trinajstić information content (AvgIpc) is 3.45. The Morgan fingerprint density at radius 3 is 2.62 bits per heavy atom. The topological polar surface area (TPSA) is 89.2 Å². The second-order valence-corrected chi connectivity index (χ2v) is 9.50. The van der Waals surface area contributed by atoms with Crippen LogP contribution in [0.3, 0.4) is 0 Å². The Bertz CT molecular complexity index is 1540. The van der Waals surface area contributed by atoms with Crippen LogP contribution in [0.15, 0.2) is 93.0 Å². The molecule has 1 unspecified atom stereocenters. The number of fused-ring (bicyclic) bond motifs is 1. The number of benzene rings is 3. The molecule has 1 aromatic heterocycles. The van der Waals surface area contributed by atoms with E-state index in [-0.39, 0.29) is 11.3 Å². The first kappa shape index (κ1) is 24.6. The Hall–Kier alpha value is -4.04. The highest BCUT2D eigenvalue weighted by atomic mass is 79.9. The summed E-state index contributed by atoms with van der Waals surface area (Å²) in [6.07, 6.45) is 0.828. The lowest BCUT2D eigenvalue weighted by Gasteiger charge is -2.27. The number of halogens is 1. The van der Waals surface area contributed by atoms with Crippen molar-refractivity contribution >= 4 is 44.3 Å². The third-order valence-electron chi connectivity index (χ3n) is 6.13. The van der Waals surface area contributed by atoms with Crippen molar-refractivity contribution < 1.29 is 28.6 Å². The Morgan fingerprint density at radius 1 is 1.05 bits per heavy atom. The van der Waals surface area contributed by atoms with E-state index in [0.29, 0.717) is 34.9 Å². The number of carbonyl (C=O) groups is 2. The molecule has 0 radical (unpaired) electrons. The van der Waals surface area contributed by atoms with E-state index in [9.17, 15) is 14.7 Å². The van der Waals surface area contributed by atoms with Crippen molar-refractivity contribution in [2.75, 3.05) is 18.6 Å². The summed E-state index contributed by atoms with van der Waals surface area (Å²) in [6, 6.07) is 20.2. The summed E-state index contributed by atoms with van der Waals surface area (Å²) < 4.78 is 17.8. The first-order chi connectivity index (χ1) is 17.9. The van der Waals surface area contributed by atoms with Gasteiger partial charge in [-0.3, -0.25) is 14.5 Å². The number of amides is 1. The maximum absolute atomic E-state index is 13.8. The highest BCUT2D eigenvalue weighted by Gasteiger charge is 2.45. The van der Waals surface area contributed by atoms with Gasteiger partial charge in [-0.1, -0.05) is 41.1 Å². The minimum Gasteiger partial charge on any atom is -0.503 e. The Labute approximate surface area is 222 Å². The van der Waals surface area contributed by atoms with E-state index in [1.165, 1.54) is 12.0 Å². The zero-order chi connectivity index (χ0) is 26.1. The molecule has 188 valence electrons. The van der Waals surface area contributed by atoms with Crippen LogP contribution < -0.4 is 14.4 Å². The van der Waals surface area contributed by atoms with Crippen LogP contribution in [0, 0.1) is 0 Å².